The van der Waals surface area contributed by atoms with Crippen molar-refractivity contribution in [1.82, 2.24) is 15.5 Å². The Morgan fingerprint density at radius 2 is 1.44 bits per heavy atom. The van der Waals surface area contributed by atoms with Gasteiger partial charge in [0.2, 0.25) is 5.96 Å². The normalized spacial score (nSPS) is 13.5. The lowest BCUT2D eigenvalue weighted by atomic mass is 9.98. The Bertz CT molecular complexity index is 1110. The molecule has 2 rings (SSSR count). The summed E-state index contributed by atoms with van der Waals surface area (Å²) in [5.74, 6) is -0.167. The molecule has 1 heterocycles. The molecular formula is C29H44N4O8. The van der Waals surface area contributed by atoms with Crippen LogP contribution >= 0.6 is 0 Å². The van der Waals surface area contributed by atoms with Crippen molar-refractivity contribution >= 4 is 30.0 Å². The van der Waals surface area contributed by atoms with E-state index in [2.05, 4.69) is 15.6 Å². The second-order valence-electron chi connectivity index (χ2n) is 12.6. The molecule has 0 saturated carbocycles. The number of alkyl carbamates (subject to hydrolysis) is 2. The number of benzene rings is 1. The van der Waals surface area contributed by atoms with Crippen LogP contribution < -0.4 is 15.4 Å². The van der Waals surface area contributed by atoms with Crippen LogP contribution in [0.15, 0.2) is 23.2 Å². The van der Waals surface area contributed by atoms with Gasteiger partial charge in [0.15, 0.2) is 0 Å². The highest BCUT2D eigenvalue weighted by Gasteiger charge is 2.28. The summed E-state index contributed by atoms with van der Waals surface area (Å²) in [6.45, 7) is 16.5. The number of hydrogen-bond acceptors (Lipinski definition) is 9. The van der Waals surface area contributed by atoms with Crippen LogP contribution in [0.5, 0.6) is 5.75 Å². The first-order valence-electron chi connectivity index (χ1n) is 13.6. The zero-order valence-corrected chi connectivity index (χ0v) is 25.6. The van der Waals surface area contributed by atoms with Crippen LogP contribution in [-0.4, -0.2) is 78.0 Å². The highest BCUT2D eigenvalue weighted by molar-refractivity contribution is 6.01. The van der Waals surface area contributed by atoms with Crippen molar-refractivity contribution in [3.8, 4) is 5.75 Å². The van der Waals surface area contributed by atoms with Gasteiger partial charge in [-0.15, -0.1) is 0 Å². The van der Waals surface area contributed by atoms with Gasteiger partial charge >= 0.3 is 18.2 Å². The molecule has 0 aliphatic carbocycles. The van der Waals surface area contributed by atoms with Crippen molar-refractivity contribution in [3.63, 3.8) is 0 Å². The third-order valence-electron chi connectivity index (χ3n) is 5.07. The molecule has 0 aromatic heterocycles. The minimum Gasteiger partial charge on any atom is -0.494 e. The second kappa shape index (κ2) is 13.7. The van der Waals surface area contributed by atoms with Gasteiger partial charge in [-0.2, -0.15) is 0 Å². The Morgan fingerprint density at radius 3 is 1.98 bits per heavy atom. The van der Waals surface area contributed by atoms with E-state index in [4.69, 9.17) is 18.9 Å². The van der Waals surface area contributed by atoms with E-state index in [1.54, 1.807) is 74.4 Å². The van der Waals surface area contributed by atoms with Crippen molar-refractivity contribution in [1.29, 1.82) is 0 Å². The van der Waals surface area contributed by atoms with Gasteiger partial charge in [0.25, 0.3) is 5.91 Å². The molecule has 3 amide bonds. The van der Waals surface area contributed by atoms with Crippen LogP contribution in [0.25, 0.3) is 0 Å². The molecule has 0 radical (unpaired) electrons. The Labute approximate surface area is 242 Å². The number of aliphatic imine (C=N–C) groups is 1. The van der Waals surface area contributed by atoms with Gasteiger partial charge in [-0.1, -0.05) is 0 Å². The summed E-state index contributed by atoms with van der Waals surface area (Å²) in [6, 6.07) is 5.22. The molecule has 12 nitrogen and oxygen atoms in total. The minimum absolute atomic E-state index is 0.0954. The molecule has 2 N–H and O–H groups in total. The van der Waals surface area contributed by atoms with E-state index in [0.29, 0.717) is 37.3 Å². The van der Waals surface area contributed by atoms with Crippen LogP contribution in [0.4, 0.5) is 9.59 Å². The zero-order chi connectivity index (χ0) is 31.0. The Balaban J connectivity index is 1.93. The maximum atomic E-state index is 12.9. The van der Waals surface area contributed by atoms with Crippen molar-refractivity contribution in [2.45, 2.75) is 92.0 Å². The first kappa shape index (κ1) is 33.4. The molecule has 0 bridgehead atoms. The molecule has 1 aliphatic heterocycles. The number of fused-ring (bicyclic) bond motifs is 1. The first-order chi connectivity index (χ1) is 18.8. The highest BCUT2D eigenvalue weighted by Crippen LogP contribution is 2.24. The number of guanidine groups is 1. The number of amides is 3. The van der Waals surface area contributed by atoms with Crippen molar-refractivity contribution in [2.24, 2.45) is 4.99 Å². The molecule has 0 fully saturated rings. The number of nitrogens with one attached hydrogen (secondary N) is 2. The Kier molecular flexibility index (Phi) is 11.1. The lowest BCUT2D eigenvalue weighted by molar-refractivity contribution is -0.155. The summed E-state index contributed by atoms with van der Waals surface area (Å²) < 4.78 is 21.6. The minimum atomic E-state index is -0.767. The zero-order valence-electron chi connectivity index (χ0n) is 25.6. The van der Waals surface area contributed by atoms with Gasteiger partial charge in [-0.05, 0) is 92.5 Å². The number of esters is 1. The molecule has 1 aromatic carbocycles. The number of carbonyl (C=O) groups is 4. The molecule has 1 aromatic rings. The number of nitrogens with zero attached hydrogens (tertiary/aromatic N) is 2. The lowest BCUT2D eigenvalue weighted by Gasteiger charge is -2.29. The maximum absolute atomic E-state index is 12.9. The van der Waals surface area contributed by atoms with E-state index < -0.39 is 35.0 Å². The topological polar surface area (TPSA) is 145 Å². The fourth-order valence-corrected chi connectivity index (χ4v) is 3.64. The molecule has 12 heteroatoms. The number of hydrogen-bond donors (Lipinski definition) is 2. The molecule has 0 saturated heterocycles. The third-order valence-corrected chi connectivity index (χ3v) is 5.07. The molecular weight excluding hydrogens is 532 g/mol. The molecule has 1 aliphatic rings. The Hall–Kier alpha value is -3.83. The van der Waals surface area contributed by atoms with E-state index in [-0.39, 0.29) is 25.0 Å². The van der Waals surface area contributed by atoms with Crippen molar-refractivity contribution < 1.29 is 38.1 Å². The number of carbonyl (C=O) groups excluding carboxylic acids is 4. The van der Waals surface area contributed by atoms with E-state index in [0.717, 1.165) is 5.56 Å². The van der Waals surface area contributed by atoms with Crippen LogP contribution in [0, 0.1) is 0 Å². The summed E-state index contributed by atoms with van der Waals surface area (Å²) in [4.78, 5) is 55.2. The third kappa shape index (κ3) is 12.9. The largest absolute Gasteiger partial charge is 0.494 e. The van der Waals surface area contributed by atoms with Gasteiger partial charge in [0.1, 0.15) is 29.1 Å². The summed E-state index contributed by atoms with van der Waals surface area (Å²) in [7, 11) is 0. The van der Waals surface area contributed by atoms with E-state index in [1.807, 2.05) is 6.07 Å². The molecule has 41 heavy (non-hydrogen) atoms. The highest BCUT2D eigenvalue weighted by atomic mass is 16.6. The average molecular weight is 577 g/mol. The van der Waals surface area contributed by atoms with E-state index >= 15 is 0 Å². The SMILES string of the molecule is CC(C)(C)OC(=O)CN1CCc2cc(OCCCN=C(NC(=O)OC(C)(C)C)NC(=O)OC(C)(C)C)ccc2C1=O. The fourth-order valence-electron chi connectivity index (χ4n) is 3.64. The second-order valence-corrected chi connectivity index (χ2v) is 12.6. The van der Waals surface area contributed by atoms with Crippen molar-refractivity contribution in [3.05, 3.63) is 29.3 Å². The summed E-state index contributed by atoms with van der Waals surface area (Å²) in [5, 5.41) is 4.87. The molecule has 0 atom stereocenters. The number of ether oxygens (including phenoxy) is 4. The smallest absolute Gasteiger partial charge is 0.414 e. The van der Waals surface area contributed by atoms with Gasteiger partial charge in [-0.25, -0.2) is 9.59 Å². The van der Waals surface area contributed by atoms with Crippen LogP contribution in [0.2, 0.25) is 0 Å². The number of rotatable bonds is 7. The first-order valence-corrected chi connectivity index (χ1v) is 13.6. The van der Waals surface area contributed by atoms with E-state index in [1.165, 1.54) is 4.90 Å². The van der Waals surface area contributed by atoms with Crippen LogP contribution in [-0.2, 0) is 25.4 Å². The lowest BCUT2D eigenvalue weighted by Crippen LogP contribution is -2.47. The van der Waals surface area contributed by atoms with E-state index in [9.17, 15) is 19.2 Å². The molecule has 0 unspecified atom stereocenters. The predicted octanol–water partition coefficient (Wildman–Crippen LogP) is 4.20. The monoisotopic (exact) mass is 576 g/mol. The molecule has 228 valence electrons. The fraction of sp³-hybridized carbons (Fsp3) is 0.621. The van der Waals surface area contributed by atoms with Crippen LogP contribution in [0.3, 0.4) is 0 Å². The van der Waals surface area contributed by atoms with Gasteiger partial charge in [0.05, 0.1) is 6.61 Å². The van der Waals surface area contributed by atoms with Gasteiger partial charge in [0, 0.05) is 25.1 Å². The summed E-state index contributed by atoms with van der Waals surface area (Å²) in [6.07, 6.45) is -0.482. The molecule has 0 spiro atoms. The van der Waals surface area contributed by atoms with Gasteiger partial charge < -0.3 is 23.8 Å². The summed E-state index contributed by atoms with van der Waals surface area (Å²) >= 11 is 0. The summed E-state index contributed by atoms with van der Waals surface area (Å²) in [5.41, 5.74) is -0.703. The maximum Gasteiger partial charge on any atom is 0.414 e. The predicted molar refractivity (Wildman–Crippen MR) is 153 cm³/mol. The van der Waals surface area contributed by atoms with Crippen LogP contribution in [0.1, 0.15) is 84.7 Å². The standard InChI is InChI=1S/C29H44N4O8/c1-27(2,3)39-22(34)18-33-15-13-19-17-20(11-12-21(19)23(33)35)38-16-10-14-30-24(31-25(36)40-28(4,5)6)32-26(37)41-29(7,8)9/h11-12,17H,10,13-16,18H2,1-9H3,(H2,30,31,32,36,37). The average Bonchev–Trinajstić information content (AvgIpc) is 2.76. The quantitative estimate of drug-likeness (QED) is 0.162. The Morgan fingerprint density at radius 1 is 0.878 bits per heavy atom. The van der Waals surface area contributed by atoms with Crippen molar-refractivity contribution in [2.75, 3.05) is 26.2 Å². The van der Waals surface area contributed by atoms with Gasteiger partial charge in [-0.3, -0.25) is 25.2 Å².